The molecule has 1 atom stereocenters. The molecule has 1 unspecified atom stereocenters. The zero-order chi connectivity index (χ0) is 11.4. The summed E-state index contributed by atoms with van der Waals surface area (Å²) in [5.74, 6) is -0.561. The van der Waals surface area contributed by atoms with Gasteiger partial charge in [-0.25, -0.2) is 4.79 Å². The first-order valence-corrected chi connectivity index (χ1v) is 5.96. The van der Waals surface area contributed by atoms with E-state index in [9.17, 15) is 9.90 Å². The molecular formula is C10H11BrO3S. The molecule has 0 bridgehead atoms. The Morgan fingerprint density at radius 1 is 1.73 bits per heavy atom. The van der Waals surface area contributed by atoms with E-state index in [0.717, 1.165) is 3.79 Å². The van der Waals surface area contributed by atoms with Gasteiger partial charge in [0.2, 0.25) is 0 Å². The van der Waals surface area contributed by atoms with Crippen LogP contribution in [-0.2, 0) is 9.53 Å². The first-order valence-electron chi connectivity index (χ1n) is 4.35. The summed E-state index contributed by atoms with van der Waals surface area (Å²) in [6.07, 6.45) is -0.986. The van der Waals surface area contributed by atoms with E-state index in [2.05, 4.69) is 22.5 Å². The number of esters is 1. The van der Waals surface area contributed by atoms with Crippen LogP contribution in [0.3, 0.4) is 0 Å². The highest BCUT2D eigenvalue weighted by molar-refractivity contribution is 9.11. The molecule has 1 heterocycles. The van der Waals surface area contributed by atoms with Crippen molar-refractivity contribution in [1.82, 2.24) is 0 Å². The number of rotatable bonds is 4. The quantitative estimate of drug-likeness (QED) is 0.685. The molecule has 0 fully saturated rings. The topological polar surface area (TPSA) is 46.5 Å². The fourth-order valence-corrected chi connectivity index (χ4v) is 2.43. The highest BCUT2D eigenvalue weighted by Crippen LogP contribution is 2.30. The Balaban J connectivity index is 2.72. The molecular weight excluding hydrogens is 280 g/mol. The van der Waals surface area contributed by atoms with Gasteiger partial charge in [-0.15, -0.1) is 11.3 Å². The highest BCUT2D eigenvalue weighted by Gasteiger charge is 2.20. The lowest BCUT2D eigenvalue weighted by Gasteiger charge is -2.10. The molecule has 5 heteroatoms. The van der Waals surface area contributed by atoms with Crippen molar-refractivity contribution < 1.29 is 14.6 Å². The Morgan fingerprint density at radius 2 is 2.40 bits per heavy atom. The van der Waals surface area contributed by atoms with Crippen molar-refractivity contribution in [2.45, 2.75) is 13.0 Å². The minimum absolute atomic E-state index is 0.0613. The third-order valence-corrected chi connectivity index (χ3v) is 3.41. The SMILES string of the molecule is C=C(C(=O)OCC)C(O)c1ccc(Br)s1. The number of ether oxygens (including phenoxy) is 1. The molecule has 1 N–H and O–H groups in total. The Hall–Kier alpha value is -0.650. The van der Waals surface area contributed by atoms with Crippen molar-refractivity contribution in [3.8, 4) is 0 Å². The average molecular weight is 291 g/mol. The van der Waals surface area contributed by atoms with Crippen molar-refractivity contribution in [2.75, 3.05) is 6.61 Å². The average Bonchev–Trinajstić information content (AvgIpc) is 2.63. The fourth-order valence-electron chi connectivity index (χ4n) is 0.982. The smallest absolute Gasteiger partial charge is 0.336 e. The van der Waals surface area contributed by atoms with Crippen molar-refractivity contribution in [1.29, 1.82) is 0 Å². The maximum atomic E-state index is 11.3. The third kappa shape index (κ3) is 3.15. The van der Waals surface area contributed by atoms with Gasteiger partial charge in [0.25, 0.3) is 0 Å². The zero-order valence-corrected chi connectivity index (χ0v) is 10.6. The van der Waals surface area contributed by atoms with Gasteiger partial charge in [-0.1, -0.05) is 6.58 Å². The Kier molecular flexibility index (Phi) is 4.50. The van der Waals surface area contributed by atoms with E-state index < -0.39 is 12.1 Å². The van der Waals surface area contributed by atoms with Gasteiger partial charge >= 0.3 is 5.97 Å². The Bertz CT molecular complexity index is 372. The first kappa shape index (κ1) is 12.4. The van der Waals surface area contributed by atoms with Crippen LogP contribution in [0.15, 0.2) is 28.1 Å². The van der Waals surface area contributed by atoms with Crippen LogP contribution in [-0.4, -0.2) is 17.7 Å². The molecule has 1 aromatic heterocycles. The van der Waals surface area contributed by atoms with Gasteiger partial charge in [0.1, 0.15) is 6.10 Å². The first-order chi connectivity index (χ1) is 7.06. The van der Waals surface area contributed by atoms with Crippen LogP contribution in [0.25, 0.3) is 0 Å². The van der Waals surface area contributed by atoms with Crippen molar-refractivity contribution in [2.24, 2.45) is 0 Å². The van der Waals surface area contributed by atoms with Crippen molar-refractivity contribution >= 4 is 33.2 Å². The number of thiophene rings is 1. The number of hydrogen-bond acceptors (Lipinski definition) is 4. The van der Waals surface area contributed by atoms with Crippen LogP contribution in [0.5, 0.6) is 0 Å². The summed E-state index contributed by atoms with van der Waals surface area (Å²) in [6, 6.07) is 3.55. The van der Waals surface area contributed by atoms with Gasteiger partial charge in [0, 0.05) is 4.88 Å². The normalized spacial score (nSPS) is 12.2. The van der Waals surface area contributed by atoms with Crippen LogP contribution in [0.1, 0.15) is 17.9 Å². The van der Waals surface area contributed by atoms with Crippen LogP contribution in [0.4, 0.5) is 0 Å². The number of aliphatic hydroxyl groups excluding tert-OH is 1. The maximum absolute atomic E-state index is 11.3. The molecule has 3 nitrogen and oxygen atoms in total. The summed E-state index contributed by atoms with van der Waals surface area (Å²) in [6.45, 7) is 5.51. The van der Waals surface area contributed by atoms with Gasteiger partial charge < -0.3 is 9.84 Å². The predicted molar refractivity (Wildman–Crippen MR) is 62.8 cm³/mol. The monoisotopic (exact) mass is 290 g/mol. The second kappa shape index (κ2) is 5.44. The second-order valence-corrected chi connectivity index (χ2v) is 5.28. The number of aliphatic hydroxyl groups is 1. The van der Waals surface area contributed by atoms with Crippen LogP contribution < -0.4 is 0 Å². The van der Waals surface area contributed by atoms with E-state index in [0.29, 0.717) is 4.88 Å². The highest BCUT2D eigenvalue weighted by atomic mass is 79.9. The molecule has 0 aliphatic heterocycles. The van der Waals surface area contributed by atoms with Gasteiger partial charge in [0.05, 0.1) is 16.0 Å². The minimum Gasteiger partial charge on any atom is -0.463 e. The molecule has 0 saturated carbocycles. The van der Waals surface area contributed by atoms with Crippen LogP contribution in [0, 0.1) is 0 Å². The fraction of sp³-hybridized carbons (Fsp3) is 0.300. The number of halogens is 1. The second-order valence-electron chi connectivity index (χ2n) is 2.79. The summed E-state index contributed by atoms with van der Waals surface area (Å²) in [4.78, 5) is 11.9. The molecule has 0 aromatic carbocycles. The lowest BCUT2D eigenvalue weighted by molar-refractivity contribution is -0.139. The summed E-state index contributed by atoms with van der Waals surface area (Å²) in [5, 5.41) is 9.79. The molecule has 0 spiro atoms. The van der Waals surface area contributed by atoms with Crippen LogP contribution >= 0.6 is 27.3 Å². The molecule has 0 amide bonds. The van der Waals surface area contributed by atoms with E-state index in [1.165, 1.54) is 11.3 Å². The molecule has 1 rings (SSSR count). The Morgan fingerprint density at radius 3 is 2.87 bits per heavy atom. The van der Waals surface area contributed by atoms with E-state index in [4.69, 9.17) is 4.74 Å². The van der Waals surface area contributed by atoms with Crippen LogP contribution in [0.2, 0.25) is 0 Å². The lowest BCUT2D eigenvalue weighted by Crippen LogP contribution is -2.12. The van der Waals surface area contributed by atoms with Gasteiger partial charge in [-0.3, -0.25) is 0 Å². The van der Waals surface area contributed by atoms with E-state index in [1.807, 2.05) is 6.07 Å². The van der Waals surface area contributed by atoms with E-state index in [1.54, 1.807) is 13.0 Å². The Labute approximate surface area is 101 Å². The van der Waals surface area contributed by atoms with Crippen molar-refractivity contribution in [3.05, 3.63) is 32.9 Å². The zero-order valence-electron chi connectivity index (χ0n) is 8.20. The maximum Gasteiger partial charge on any atom is 0.336 e. The summed E-state index contributed by atoms with van der Waals surface area (Å²) >= 11 is 4.64. The van der Waals surface area contributed by atoms with Crippen molar-refractivity contribution in [3.63, 3.8) is 0 Å². The largest absolute Gasteiger partial charge is 0.463 e. The lowest BCUT2D eigenvalue weighted by atomic mass is 10.1. The summed E-state index contributed by atoms with van der Waals surface area (Å²) in [7, 11) is 0. The molecule has 0 aliphatic rings. The van der Waals surface area contributed by atoms with E-state index >= 15 is 0 Å². The summed E-state index contributed by atoms with van der Waals surface area (Å²) < 4.78 is 5.64. The third-order valence-electron chi connectivity index (χ3n) is 1.73. The molecule has 0 aliphatic carbocycles. The molecule has 15 heavy (non-hydrogen) atoms. The summed E-state index contributed by atoms with van der Waals surface area (Å²) in [5.41, 5.74) is 0.0613. The predicted octanol–water partition coefficient (Wildman–Crippen LogP) is 2.66. The number of carbonyl (C=O) groups is 1. The molecule has 82 valence electrons. The van der Waals surface area contributed by atoms with Gasteiger partial charge in [-0.2, -0.15) is 0 Å². The number of carbonyl (C=O) groups excluding carboxylic acids is 1. The number of hydrogen-bond donors (Lipinski definition) is 1. The van der Waals surface area contributed by atoms with Gasteiger partial charge in [0.15, 0.2) is 0 Å². The molecule has 0 saturated heterocycles. The van der Waals surface area contributed by atoms with E-state index in [-0.39, 0.29) is 12.2 Å². The van der Waals surface area contributed by atoms with Gasteiger partial charge in [-0.05, 0) is 35.0 Å². The minimum atomic E-state index is -0.986. The molecule has 1 aromatic rings. The molecule has 0 radical (unpaired) electrons. The standard InChI is InChI=1S/C10H11BrO3S/c1-3-14-10(13)6(2)9(12)7-4-5-8(11)15-7/h4-5,9,12H,2-3H2,1H3.